The number of anilines is 1. The molecule has 2 amide bonds. The summed E-state index contributed by atoms with van der Waals surface area (Å²) in [7, 11) is 0. The lowest BCUT2D eigenvalue weighted by Gasteiger charge is -2.08. The molecule has 1 aliphatic rings. The minimum Gasteiger partial charge on any atom is -0.348 e. The van der Waals surface area contributed by atoms with Gasteiger partial charge in [-0.15, -0.1) is 11.8 Å². The Hall–Kier alpha value is -2.87. The van der Waals surface area contributed by atoms with Gasteiger partial charge in [0.1, 0.15) is 5.56 Å². The highest BCUT2D eigenvalue weighted by Gasteiger charge is 2.22. The van der Waals surface area contributed by atoms with Crippen LogP contribution in [0.1, 0.15) is 26.3 Å². The molecule has 1 heterocycles. The van der Waals surface area contributed by atoms with Crippen LogP contribution in [0.3, 0.4) is 0 Å². The number of carbonyl (C=O) groups is 2. The molecule has 3 rings (SSSR count). The van der Waals surface area contributed by atoms with Crippen LogP contribution in [0, 0.1) is 10.1 Å². The Labute approximate surface area is 141 Å². The van der Waals surface area contributed by atoms with Gasteiger partial charge >= 0.3 is 0 Å². The van der Waals surface area contributed by atoms with Gasteiger partial charge in [-0.05, 0) is 36.1 Å². The predicted molar refractivity (Wildman–Crippen MR) is 90.4 cm³/mol. The summed E-state index contributed by atoms with van der Waals surface area (Å²) in [6.07, 6.45) is 1.82. The first-order valence-electron chi connectivity index (χ1n) is 7.04. The molecule has 1 aliphatic heterocycles. The first-order chi connectivity index (χ1) is 11.5. The van der Waals surface area contributed by atoms with Crippen LogP contribution in [-0.4, -0.2) is 23.0 Å². The molecule has 0 bridgehead atoms. The SMILES string of the molecule is CSc1ccc([N+](=O)[O-])c(C(=O)Nc2ccc3c(c2)C(=O)NC3)c1. The molecule has 0 aromatic heterocycles. The summed E-state index contributed by atoms with van der Waals surface area (Å²) in [6.45, 7) is 0.462. The van der Waals surface area contributed by atoms with Gasteiger partial charge in [-0.3, -0.25) is 19.7 Å². The third-order valence-electron chi connectivity index (χ3n) is 3.70. The minimum atomic E-state index is -0.588. The van der Waals surface area contributed by atoms with Crippen LogP contribution < -0.4 is 10.6 Å². The number of amides is 2. The van der Waals surface area contributed by atoms with Crippen molar-refractivity contribution in [3.63, 3.8) is 0 Å². The molecule has 0 unspecified atom stereocenters. The second-order valence-corrected chi connectivity index (χ2v) is 6.03. The van der Waals surface area contributed by atoms with Crippen molar-refractivity contribution in [2.24, 2.45) is 0 Å². The molecule has 8 heteroatoms. The van der Waals surface area contributed by atoms with E-state index in [2.05, 4.69) is 10.6 Å². The molecule has 2 aromatic carbocycles. The number of hydrogen-bond acceptors (Lipinski definition) is 5. The zero-order chi connectivity index (χ0) is 17.3. The normalized spacial score (nSPS) is 12.5. The zero-order valence-corrected chi connectivity index (χ0v) is 13.5. The van der Waals surface area contributed by atoms with Crippen molar-refractivity contribution < 1.29 is 14.5 Å². The van der Waals surface area contributed by atoms with Gasteiger partial charge in [-0.2, -0.15) is 0 Å². The van der Waals surface area contributed by atoms with Gasteiger partial charge in [0.25, 0.3) is 17.5 Å². The fraction of sp³-hybridized carbons (Fsp3) is 0.125. The molecule has 7 nitrogen and oxygen atoms in total. The van der Waals surface area contributed by atoms with Crippen molar-refractivity contribution in [2.75, 3.05) is 11.6 Å². The lowest BCUT2D eigenvalue weighted by atomic mass is 10.1. The number of fused-ring (bicyclic) bond motifs is 1. The number of nitrogens with zero attached hydrogens (tertiary/aromatic N) is 1. The van der Waals surface area contributed by atoms with Crippen molar-refractivity contribution in [3.05, 3.63) is 63.2 Å². The topological polar surface area (TPSA) is 101 Å². The third kappa shape index (κ3) is 2.95. The number of nitro groups is 1. The molecular formula is C16H13N3O4S. The summed E-state index contributed by atoms with van der Waals surface area (Å²) in [5.74, 6) is -0.785. The number of nitro benzene ring substituents is 1. The number of nitrogens with one attached hydrogen (secondary N) is 2. The highest BCUT2D eigenvalue weighted by Crippen LogP contribution is 2.26. The molecule has 122 valence electrons. The van der Waals surface area contributed by atoms with E-state index in [1.54, 1.807) is 24.3 Å². The van der Waals surface area contributed by atoms with Crippen molar-refractivity contribution in [1.82, 2.24) is 5.32 Å². The molecule has 0 radical (unpaired) electrons. The summed E-state index contributed by atoms with van der Waals surface area (Å²) in [5.41, 5.74) is 1.49. The van der Waals surface area contributed by atoms with Gasteiger partial charge in [0.2, 0.25) is 0 Å². The smallest absolute Gasteiger partial charge is 0.282 e. The Bertz CT molecular complexity index is 866. The average molecular weight is 343 g/mol. The first kappa shape index (κ1) is 16.0. The third-order valence-corrected chi connectivity index (χ3v) is 4.42. The first-order valence-corrected chi connectivity index (χ1v) is 8.27. The zero-order valence-electron chi connectivity index (χ0n) is 12.7. The molecule has 0 atom stereocenters. The standard InChI is InChI=1S/C16H13N3O4S/c1-24-11-4-5-14(19(22)23)13(7-11)16(21)18-10-3-2-9-8-17-15(20)12(9)6-10/h2-7H,8H2,1H3,(H,17,20)(H,18,21). The van der Waals surface area contributed by atoms with Crippen molar-refractivity contribution in [1.29, 1.82) is 0 Å². The van der Waals surface area contributed by atoms with Crippen LogP contribution in [0.2, 0.25) is 0 Å². The molecule has 0 fully saturated rings. The summed E-state index contributed by atoms with van der Waals surface area (Å²) in [5, 5.41) is 16.5. The second kappa shape index (κ2) is 6.32. The van der Waals surface area contributed by atoms with Crippen molar-refractivity contribution in [3.8, 4) is 0 Å². The Balaban J connectivity index is 1.92. The van der Waals surface area contributed by atoms with Crippen LogP contribution in [0.5, 0.6) is 0 Å². The molecule has 0 saturated heterocycles. The van der Waals surface area contributed by atoms with E-state index in [-0.39, 0.29) is 17.2 Å². The number of benzene rings is 2. The number of rotatable bonds is 4. The Morgan fingerprint density at radius 1 is 1.29 bits per heavy atom. The molecule has 0 aliphatic carbocycles. The number of hydrogen-bond donors (Lipinski definition) is 2. The maximum atomic E-state index is 12.5. The molecule has 2 aromatic rings. The average Bonchev–Trinajstić information content (AvgIpc) is 2.95. The highest BCUT2D eigenvalue weighted by molar-refractivity contribution is 7.98. The maximum absolute atomic E-state index is 12.5. The van der Waals surface area contributed by atoms with Crippen LogP contribution in [0.25, 0.3) is 0 Å². The fourth-order valence-corrected chi connectivity index (χ4v) is 2.91. The van der Waals surface area contributed by atoms with Gasteiger partial charge in [0, 0.05) is 28.8 Å². The second-order valence-electron chi connectivity index (χ2n) is 5.15. The van der Waals surface area contributed by atoms with Crippen molar-refractivity contribution in [2.45, 2.75) is 11.4 Å². The van der Waals surface area contributed by atoms with Crippen LogP contribution in [0.4, 0.5) is 11.4 Å². The number of carbonyl (C=O) groups excluding carboxylic acids is 2. The summed E-state index contributed by atoms with van der Waals surface area (Å²) in [4.78, 5) is 35.4. The van der Waals surface area contributed by atoms with Crippen LogP contribution in [-0.2, 0) is 6.54 Å². The fourth-order valence-electron chi connectivity index (χ4n) is 2.47. The Morgan fingerprint density at radius 2 is 2.08 bits per heavy atom. The van der Waals surface area contributed by atoms with Gasteiger partial charge in [-0.1, -0.05) is 6.07 Å². The van der Waals surface area contributed by atoms with E-state index >= 15 is 0 Å². The minimum absolute atomic E-state index is 0.0169. The van der Waals surface area contributed by atoms with E-state index < -0.39 is 10.8 Å². The predicted octanol–water partition coefficient (Wildman–Crippen LogP) is 2.81. The Morgan fingerprint density at radius 3 is 2.79 bits per heavy atom. The quantitative estimate of drug-likeness (QED) is 0.505. The maximum Gasteiger partial charge on any atom is 0.282 e. The van der Waals surface area contributed by atoms with Gasteiger partial charge in [0.05, 0.1) is 4.92 Å². The van der Waals surface area contributed by atoms with E-state index in [1.807, 2.05) is 6.26 Å². The van der Waals surface area contributed by atoms with Crippen LogP contribution in [0.15, 0.2) is 41.3 Å². The van der Waals surface area contributed by atoms with E-state index in [0.717, 1.165) is 10.5 Å². The molecule has 24 heavy (non-hydrogen) atoms. The van der Waals surface area contributed by atoms with Gasteiger partial charge < -0.3 is 10.6 Å². The molecular weight excluding hydrogens is 330 g/mol. The number of thioether (sulfide) groups is 1. The largest absolute Gasteiger partial charge is 0.348 e. The van der Waals surface area contributed by atoms with Crippen molar-refractivity contribution >= 4 is 35.0 Å². The molecule has 0 spiro atoms. The lowest BCUT2D eigenvalue weighted by Crippen LogP contribution is -2.15. The van der Waals surface area contributed by atoms with Gasteiger partial charge in [-0.25, -0.2) is 0 Å². The lowest BCUT2D eigenvalue weighted by molar-refractivity contribution is -0.385. The van der Waals surface area contributed by atoms with Crippen LogP contribution >= 0.6 is 11.8 Å². The van der Waals surface area contributed by atoms with E-state index in [4.69, 9.17) is 0 Å². The van der Waals surface area contributed by atoms with Gasteiger partial charge in [0.15, 0.2) is 0 Å². The van der Waals surface area contributed by atoms with E-state index in [1.165, 1.54) is 23.9 Å². The Kier molecular flexibility index (Phi) is 4.22. The molecule has 0 saturated carbocycles. The van der Waals surface area contributed by atoms with E-state index in [9.17, 15) is 19.7 Å². The highest BCUT2D eigenvalue weighted by atomic mass is 32.2. The summed E-state index contributed by atoms with van der Waals surface area (Å²) in [6, 6.07) is 9.38. The van der Waals surface area contributed by atoms with E-state index in [0.29, 0.717) is 17.8 Å². The molecule has 2 N–H and O–H groups in total. The summed E-state index contributed by atoms with van der Waals surface area (Å²) < 4.78 is 0. The summed E-state index contributed by atoms with van der Waals surface area (Å²) >= 11 is 1.39. The monoisotopic (exact) mass is 343 g/mol.